The van der Waals surface area contributed by atoms with Gasteiger partial charge in [-0.25, -0.2) is 0 Å². The highest BCUT2D eigenvalue weighted by atomic mass is 16.6. The molecule has 0 spiro atoms. The van der Waals surface area contributed by atoms with E-state index in [1.54, 1.807) is 12.4 Å². The first-order valence-electron chi connectivity index (χ1n) is 7.11. The number of hydrogen-bond donors (Lipinski definition) is 0. The number of pyridine rings is 1. The average molecular weight is 289 g/mol. The van der Waals surface area contributed by atoms with E-state index in [0.29, 0.717) is 32.5 Å². The number of aromatic nitrogens is 1. The Balaban J connectivity index is 2.50. The molecule has 5 heteroatoms. The number of nitrogens with zero attached hydrogens (tertiary/aromatic N) is 3. The summed E-state index contributed by atoms with van der Waals surface area (Å²) in [7, 11) is 0. The monoisotopic (exact) mass is 289 g/mol. The van der Waals surface area contributed by atoms with E-state index in [1.807, 2.05) is 32.9 Å². The van der Waals surface area contributed by atoms with E-state index in [-0.39, 0.29) is 5.97 Å². The van der Waals surface area contributed by atoms with Gasteiger partial charge in [0.05, 0.1) is 12.5 Å². The molecular formula is C16H23N3O2. The van der Waals surface area contributed by atoms with Gasteiger partial charge in [-0.1, -0.05) is 6.07 Å². The van der Waals surface area contributed by atoms with Gasteiger partial charge in [0, 0.05) is 38.4 Å². The van der Waals surface area contributed by atoms with E-state index in [4.69, 9.17) is 10.00 Å². The molecule has 1 aromatic heterocycles. The van der Waals surface area contributed by atoms with Crippen LogP contribution in [-0.2, 0) is 16.1 Å². The molecule has 21 heavy (non-hydrogen) atoms. The van der Waals surface area contributed by atoms with Crippen LogP contribution in [0.15, 0.2) is 24.5 Å². The van der Waals surface area contributed by atoms with E-state index in [0.717, 1.165) is 5.56 Å². The molecule has 0 aliphatic carbocycles. The van der Waals surface area contributed by atoms with Gasteiger partial charge in [-0.05, 0) is 32.4 Å². The second kappa shape index (κ2) is 8.38. The molecule has 0 fully saturated rings. The molecule has 1 heterocycles. The minimum Gasteiger partial charge on any atom is -0.460 e. The maximum Gasteiger partial charge on any atom is 0.307 e. The van der Waals surface area contributed by atoms with Gasteiger partial charge in [-0.15, -0.1) is 0 Å². The SMILES string of the molecule is CC(C)(C)OC(=O)CCN(CCC#N)Cc1cccnc1. The van der Waals surface area contributed by atoms with Crippen LogP contribution in [0.25, 0.3) is 0 Å². The Morgan fingerprint density at radius 1 is 1.43 bits per heavy atom. The second-order valence-electron chi connectivity index (χ2n) is 5.88. The largest absolute Gasteiger partial charge is 0.460 e. The highest BCUT2D eigenvalue weighted by Gasteiger charge is 2.17. The summed E-state index contributed by atoms with van der Waals surface area (Å²) < 4.78 is 5.30. The number of nitriles is 1. The topological polar surface area (TPSA) is 66.2 Å². The molecule has 0 bridgehead atoms. The van der Waals surface area contributed by atoms with Gasteiger partial charge in [0.25, 0.3) is 0 Å². The third-order valence-corrected chi connectivity index (χ3v) is 2.72. The van der Waals surface area contributed by atoms with Crippen molar-refractivity contribution >= 4 is 5.97 Å². The van der Waals surface area contributed by atoms with Gasteiger partial charge >= 0.3 is 5.97 Å². The summed E-state index contributed by atoms with van der Waals surface area (Å²) >= 11 is 0. The molecule has 1 aromatic rings. The van der Waals surface area contributed by atoms with Crippen molar-refractivity contribution in [3.05, 3.63) is 30.1 Å². The first-order valence-corrected chi connectivity index (χ1v) is 7.11. The zero-order valence-electron chi connectivity index (χ0n) is 13.0. The predicted molar refractivity (Wildman–Crippen MR) is 80.2 cm³/mol. The highest BCUT2D eigenvalue weighted by molar-refractivity contribution is 5.70. The molecule has 0 atom stereocenters. The summed E-state index contributed by atoms with van der Waals surface area (Å²) in [6.45, 7) is 7.45. The van der Waals surface area contributed by atoms with E-state index >= 15 is 0 Å². The van der Waals surface area contributed by atoms with Crippen molar-refractivity contribution in [2.24, 2.45) is 0 Å². The summed E-state index contributed by atoms with van der Waals surface area (Å²) in [5.41, 5.74) is 0.609. The first-order chi connectivity index (χ1) is 9.90. The fourth-order valence-corrected chi connectivity index (χ4v) is 1.87. The lowest BCUT2D eigenvalue weighted by atomic mass is 10.2. The zero-order valence-corrected chi connectivity index (χ0v) is 13.0. The predicted octanol–water partition coefficient (Wildman–Crippen LogP) is 2.53. The molecule has 5 nitrogen and oxygen atoms in total. The summed E-state index contributed by atoms with van der Waals surface area (Å²) in [6.07, 6.45) is 4.29. The lowest BCUT2D eigenvalue weighted by Gasteiger charge is -2.23. The fourth-order valence-electron chi connectivity index (χ4n) is 1.87. The normalized spacial score (nSPS) is 11.2. The van der Waals surface area contributed by atoms with Crippen molar-refractivity contribution in [1.82, 2.24) is 9.88 Å². The average Bonchev–Trinajstić information content (AvgIpc) is 2.41. The summed E-state index contributed by atoms with van der Waals surface area (Å²) in [5.74, 6) is -0.212. The van der Waals surface area contributed by atoms with Crippen LogP contribution in [0.5, 0.6) is 0 Å². The third kappa shape index (κ3) is 8.05. The fraction of sp³-hybridized carbons (Fsp3) is 0.562. The molecular weight excluding hydrogens is 266 g/mol. The van der Waals surface area contributed by atoms with Crippen LogP contribution in [0.1, 0.15) is 39.2 Å². The molecule has 0 unspecified atom stereocenters. The van der Waals surface area contributed by atoms with Crippen molar-refractivity contribution in [2.75, 3.05) is 13.1 Å². The van der Waals surface area contributed by atoms with E-state index in [2.05, 4.69) is 16.0 Å². The van der Waals surface area contributed by atoms with Crippen molar-refractivity contribution in [3.63, 3.8) is 0 Å². The summed E-state index contributed by atoms with van der Waals surface area (Å²) in [4.78, 5) is 17.9. The van der Waals surface area contributed by atoms with Gasteiger partial charge < -0.3 is 4.74 Å². The Morgan fingerprint density at radius 3 is 2.76 bits per heavy atom. The lowest BCUT2D eigenvalue weighted by molar-refractivity contribution is -0.155. The van der Waals surface area contributed by atoms with Crippen LogP contribution in [0.3, 0.4) is 0 Å². The van der Waals surface area contributed by atoms with Crippen LogP contribution in [0, 0.1) is 11.3 Å². The van der Waals surface area contributed by atoms with Crippen molar-refractivity contribution in [3.8, 4) is 6.07 Å². The molecule has 0 amide bonds. The molecule has 0 saturated heterocycles. The smallest absolute Gasteiger partial charge is 0.307 e. The number of ether oxygens (including phenoxy) is 1. The van der Waals surface area contributed by atoms with Crippen LogP contribution in [0.2, 0.25) is 0 Å². The van der Waals surface area contributed by atoms with Gasteiger partial charge in [0.2, 0.25) is 0 Å². The lowest BCUT2D eigenvalue weighted by Crippen LogP contribution is -2.30. The van der Waals surface area contributed by atoms with Gasteiger partial charge in [0.1, 0.15) is 5.60 Å². The van der Waals surface area contributed by atoms with Crippen molar-refractivity contribution in [1.29, 1.82) is 5.26 Å². The number of esters is 1. The molecule has 0 aliphatic heterocycles. The van der Waals surface area contributed by atoms with Crippen LogP contribution in [-0.4, -0.2) is 34.5 Å². The highest BCUT2D eigenvalue weighted by Crippen LogP contribution is 2.10. The Morgan fingerprint density at radius 2 is 2.19 bits per heavy atom. The maximum atomic E-state index is 11.8. The zero-order chi connectivity index (χ0) is 15.7. The standard InChI is InChI=1S/C16H23N3O2/c1-16(2,3)21-15(20)7-11-19(10-5-8-17)13-14-6-4-9-18-12-14/h4,6,9,12H,5,7,10-11,13H2,1-3H3. The quantitative estimate of drug-likeness (QED) is 0.722. The third-order valence-electron chi connectivity index (χ3n) is 2.72. The van der Waals surface area contributed by atoms with Gasteiger partial charge in [-0.2, -0.15) is 5.26 Å². The molecule has 0 N–H and O–H groups in total. The molecule has 1 rings (SSSR count). The minimum absolute atomic E-state index is 0.212. The minimum atomic E-state index is -0.460. The first kappa shape index (κ1) is 17.1. The van der Waals surface area contributed by atoms with Gasteiger partial charge in [-0.3, -0.25) is 14.7 Å². The number of hydrogen-bond acceptors (Lipinski definition) is 5. The summed E-state index contributed by atoms with van der Waals surface area (Å²) in [6, 6.07) is 6.00. The Kier molecular flexibility index (Phi) is 6.83. The Hall–Kier alpha value is -1.93. The van der Waals surface area contributed by atoms with Crippen molar-refractivity contribution in [2.45, 2.75) is 45.8 Å². The molecule has 0 aromatic carbocycles. The second-order valence-corrected chi connectivity index (χ2v) is 5.88. The molecule has 114 valence electrons. The number of carbonyl (C=O) groups is 1. The number of rotatable bonds is 7. The number of carbonyl (C=O) groups excluding carboxylic acids is 1. The molecule has 0 saturated carbocycles. The van der Waals surface area contributed by atoms with Crippen LogP contribution >= 0.6 is 0 Å². The van der Waals surface area contributed by atoms with Gasteiger partial charge in [0.15, 0.2) is 0 Å². The molecule has 0 radical (unpaired) electrons. The summed E-state index contributed by atoms with van der Waals surface area (Å²) in [5, 5.41) is 8.73. The molecule has 0 aliphatic rings. The van der Waals surface area contributed by atoms with Crippen LogP contribution in [0.4, 0.5) is 0 Å². The van der Waals surface area contributed by atoms with Crippen LogP contribution < -0.4 is 0 Å². The van der Waals surface area contributed by atoms with E-state index < -0.39 is 5.60 Å². The van der Waals surface area contributed by atoms with E-state index in [1.165, 1.54) is 0 Å². The Bertz CT molecular complexity index is 475. The van der Waals surface area contributed by atoms with E-state index in [9.17, 15) is 4.79 Å². The van der Waals surface area contributed by atoms with Crippen molar-refractivity contribution < 1.29 is 9.53 Å². The Labute approximate surface area is 126 Å². The maximum absolute atomic E-state index is 11.8.